The van der Waals surface area contributed by atoms with Gasteiger partial charge in [-0.1, -0.05) is 0 Å². The molecular weight excluding hydrogens is 251 g/mol. The van der Waals surface area contributed by atoms with Crippen molar-refractivity contribution in [1.29, 1.82) is 0 Å². The predicted molar refractivity (Wildman–Crippen MR) is 62.1 cm³/mol. The normalized spacial score (nSPS) is 11.6. The van der Waals surface area contributed by atoms with E-state index in [2.05, 4.69) is 4.98 Å². The predicted octanol–water partition coefficient (Wildman–Crippen LogP) is 2.63. The molecule has 1 aromatic rings. The van der Waals surface area contributed by atoms with Crippen molar-refractivity contribution in [2.75, 3.05) is 6.61 Å². The van der Waals surface area contributed by atoms with Crippen LogP contribution in [0, 0.1) is 0 Å². The summed E-state index contributed by atoms with van der Waals surface area (Å²) >= 11 is 11.2. The van der Waals surface area contributed by atoms with Crippen LogP contribution in [0.1, 0.15) is 24.2 Å². The molecular formula is C10H12Cl2N2O2. The van der Waals surface area contributed by atoms with E-state index < -0.39 is 11.5 Å². The first kappa shape index (κ1) is 13.2. The fourth-order valence-corrected chi connectivity index (χ4v) is 0.955. The van der Waals surface area contributed by atoms with E-state index in [0.717, 1.165) is 3.94 Å². The van der Waals surface area contributed by atoms with Crippen LogP contribution in [-0.4, -0.2) is 27.0 Å². The highest BCUT2D eigenvalue weighted by Gasteiger charge is 2.26. The van der Waals surface area contributed by atoms with E-state index in [9.17, 15) is 4.79 Å². The Balaban J connectivity index is 2.54. The number of hydrogen-bond acceptors (Lipinski definition) is 4. The fourth-order valence-electron chi connectivity index (χ4n) is 0.858. The molecule has 1 aromatic heterocycles. The smallest absolute Gasteiger partial charge is 0.339 e. The molecule has 88 valence electrons. The summed E-state index contributed by atoms with van der Waals surface area (Å²) in [5.74, 6) is -0.448. The van der Waals surface area contributed by atoms with Gasteiger partial charge in [0, 0.05) is 12.4 Å². The van der Waals surface area contributed by atoms with Crippen molar-refractivity contribution >= 4 is 29.5 Å². The Hall–Kier alpha value is -0.840. The minimum absolute atomic E-state index is 0.0910. The number of rotatable bonds is 4. The van der Waals surface area contributed by atoms with Gasteiger partial charge < -0.3 is 4.74 Å². The molecule has 4 nitrogen and oxygen atoms in total. The SMILES string of the molecule is CC(C)(COC(=O)c1cccnc1)N(Cl)Cl. The van der Waals surface area contributed by atoms with Crippen LogP contribution in [0.15, 0.2) is 24.5 Å². The van der Waals surface area contributed by atoms with E-state index in [1.807, 2.05) is 0 Å². The molecule has 0 fully saturated rings. The second kappa shape index (κ2) is 5.48. The van der Waals surface area contributed by atoms with Crippen molar-refractivity contribution in [1.82, 2.24) is 8.92 Å². The van der Waals surface area contributed by atoms with Gasteiger partial charge in [-0.05, 0) is 49.5 Å². The molecule has 0 aliphatic carbocycles. The molecule has 0 bridgehead atoms. The van der Waals surface area contributed by atoms with E-state index in [1.165, 1.54) is 6.20 Å². The Labute approximate surface area is 104 Å². The quantitative estimate of drug-likeness (QED) is 0.618. The Bertz CT molecular complexity index is 355. The summed E-state index contributed by atoms with van der Waals surface area (Å²) in [6, 6.07) is 3.29. The fraction of sp³-hybridized carbons (Fsp3) is 0.400. The van der Waals surface area contributed by atoms with Gasteiger partial charge in [-0.2, -0.15) is 0 Å². The van der Waals surface area contributed by atoms with Crippen LogP contribution in [-0.2, 0) is 4.74 Å². The number of carbonyl (C=O) groups is 1. The monoisotopic (exact) mass is 262 g/mol. The molecule has 0 aliphatic heterocycles. The van der Waals surface area contributed by atoms with Gasteiger partial charge in [0.25, 0.3) is 0 Å². The topological polar surface area (TPSA) is 42.4 Å². The number of hydrogen-bond donors (Lipinski definition) is 0. The minimum Gasteiger partial charge on any atom is -0.460 e. The Morgan fingerprint density at radius 3 is 2.75 bits per heavy atom. The van der Waals surface area contributed by atoms with Crippen molar-refractivity contribution in [3.05, 3.63) is 30.1 Å². The number of esters is 1. The van der Waals surface area contributed by atoms with E-state index in [0.29, 0.717) is 5.56 Å². The summed E-state index contributed by atoms with van der Waals surface area (Å²) in [6.45, 7) is 3.60. The lowest BCUT2D eigenvalue weighted by Gasteiger charge is -2.26. The number of ether oxygens (including phenoxy) is 1. The standard InChI is InChI=1S/C10H12Cl2N2O2/c1-10(2,14(11)12)7-16-9(15)8-4-3-5-13-6-8/h3-6H,7H2,1-2H3. The van der Waals surface area contributed by atoms with Gasteiger partial charge in [0.05, 0.1) is 11.1 Å². The molecule has 6 heteroatoms. The summed E-state index contributed by atoms with van der Waals surface area (Å²) in [4.78, 5) is 15.4. The molecule has 1 rings (SSSR count). The van der Waals surface area contributed by atoms with Crippen LogP contribution in [0.2, 0.25) is 0 Å². The Morgan fingerprint density at radius 2 is 2.25 bits per heavy atom. The van der Waals surface area contributed by atoms with Gasteiger partial charge in [-0.25, -0.2) is 4.79 Å². The molecule has 0 saturated carbocycles. The maximum absolute atomic E-state index is 11.5. The molecule has 0 unspecified atom stereocenters. The van der Waals surface area contributed by atoms with Gasteiger partial charge in [0.2, 0.25) is 0 Å². The lowest BCUT2D eigenvalue weighted by atomic mass is 10.1. The van der Waals surface area contributed by atoms with E-state index in [-0.39, 0.29) is 6.61 Å². The van der Waals surface area contributed by atoms with E-state index in [4.69, 9.17) is 28.3 Å². The third-order valence-corrected chi connectivity index (χ3v) is 2.83. The highest BCUT2D eigenvalue weighted by atomic mass is 35.5. The van der Waals surface area contributed by atoms with Gasteiger partial charge >= 0.3 is 5.97 Å². The van der Waals surface area contributed by atoms with Crippen molar-refractivity contribution < 1.29 is 9.53 Å². The molecule has 0 aromatic carbocycles. The van der Waals surface area contributed by atoms with Crippen LogP contribution in [0.3, 0.4) is 0 Å². The number of pyridine rings is 1. The van der Waals surface area contributed by atoms with Crippen molar-refractivity contribution in [2.45, 2.75) is 19.4 Å². The van der Waals surface area contributed by atoms with Crippen molar-refractivity contribution in [3.63, 3.8) is 0 Å². The van der Waals surface area contributed by atoms with Crippen molar-refractivity contribution in [2.24, 2.45) is 0 Å². The van der Waals surface area contributed by atoms with Gasteiger partial charge in [-0.15, -0.1) is 3.94 Å². The molecule has 0 N–H and O–H groups in total. The van der Waals surface area contributed by atoms with E-state index in [1.54, 1.807) is 32.2 Å². The van der Waals surface area contributed by atoms with E-state index >= 15 is 0 Å². The average Bonchev–Trinajstić information content (AvgIpc) is 2.27. The molecule has 16 heavy (non-hydrogen) atoms. The van der Waals surface area contributed by atoms with Crippen LogP contribution < -0.4 is 0 Å². The van der Waals surface area contributed by atoms with Gasteiger partial charge in [-0.3, -0.25) is 4.98 Å². The molecule has 0 atom stereocenters. The second-order valence-corrected chi connectivity index (χ2v) is 4.71. The first-order chi connectivity index (χ1) is 7.43. The summed E-state index contributed by atoms with van der Waals surface area (Å²) in [5.41, 5.74) is -0.241. The van der Waals surface area contributed by atoms with Crippen LogP contribution in [0.4, 0.5) is 0 Å². The third kappa shape index (κ3) is 3.63. The number of carbonyl (C=O) groups excluding carboxylic acids is 1. The third-order valence-electron chi connectivity index (χ3n) is 1.91. The highest BCUT2D eigenvalue weighted by Crippen LogP contribution is 2.20. The summed E-state index contributed by atoms with van der Waals surface area (Å²) in [5, 5.41) is 0. The molecule has 0 spiro atoms. The first-order valence-corrected chi connectivity index (χ1v) is 5.30. The summed E-state index contributed by atoms with van der Waals surface area (Å²) in [7, 11) is 0. The number of halogens is 2. The maximum Gasteiger partial charge on any atom is 0.339 e. The van der Waals surface area contributed by atoms with Crippen molar-refractivity contribution in [3.8, 4) is 0 Å². The molecule has 0 radical (unpaired) electrons. The lowest BCUT2D eigenvalue weighted by molar-refractivity contribution is 0.0372. The van der Waals surface area contributed by atoms with Crippen LogP contribution in [0.25, 0.3) is 0 Å². The molecule has 0 aliphatic rings. The minimum atomic E-state index is -0.638. The molecule has 1 heterocycles. The Morgan fingerprint density at radius 1 is 1.56 bits per heavy atom. The number of nitrogens with zero attached hydrogens (tertiary/aromatic N) is 2. The van der Waals surface area contributed by atoms with Crippen LogP contribution >= 0.6 is 23.6 Å². The Kier molecular flexibility index (Phi) is 4.53. The largest absolute Gasteiger partial charge is 0.460 e. The highest BCUT2D eigenvalue weighted by molar-refractivity contribution is 6.34. The van der Waals surface area contributed by atoms with Gasteiger partial charge in [0.1, 0.15) is 6.61 Å². The maximum atomic E-state index is 11.5. The lowest BCUT2D eigenvalue weighted by Crippen LogP contribution is -2.37. The zero-order chi connectivity index (χ0) is 12.2. The average molecular weight is 263 g/mol. The molecule has 0 saturated heterocycles. The number of aromatic nitrogens is 1. The van der Waals surface area contributed by atoms with Crippen LogP contribution in [0.5, 0.6) is 0 Å². The second-order valence-electron chi connectivity index (χ2n) is 3.86. The zero-order valence-corrected chi connectivity index (χ0v) is 10.5. The summed E-state index contributed by atoms with van der Waals surface area (Å²) < 4.78 is 6.03. The first-order valence-electron chi connectivity index (χ1n) is 4.62. The molecule has 0 amide bonds. The zero-order valence-electron chi connectivity index (χ0n) is 8.98. The van der Waals surface area contributed by atoms with Gasteiger partial charge in [0.15, 0.2) is 0 Å². The summed E-state index contributed by atoms with van der Waals surface area (Å²) in [6.07, 6.45) is 3.02.